The molecule has 0 radical (unpaired) electrons. The van der Waals surface area contributed by atoms with Crippen LogP contribution in [-0.2, 0) is 4.79 Å². The number of nitrogen functional groups attached to an aromatic ring is 1. The van der Waals surface area contributed by atoms with Crippen LogP contribution in [0.4, 0.5) is 20.3 Å². The van der Waals surface area contributed by atoms with Gasteiger partial charge in [0.1, 0.15) is 31.1 Å². The topological polar surface area (TPSA) is 110 Å². The number of hydrogen-bond donors (Lipinski definition) is 2. The number of anilines is 2. The predicted molar refractivity (Wildman–Crippen MR) is 141 cm³/mol. The zero-order valence-electron chi connectivity index (χ0n) is 21.4. The minimum Gasteiger partial charge on any atom is -0.486 e. The lowest BCUT2D eigenvalue weighted by Crippen LogP contribution is -3.34. The third-order valence-electron chi connectivity index (χ3n) is 6.45. The number of amides is 2. The second-order valence-corrected chi connectivity index (χ2v) is 10.5. The van der Waals surface area contributed by atoms with Gasteiger partial charge in [-0.3, -0.25) is 9.59 Å². The lowest BCUT2D eigenvalue weighted by molar-refractivity contribution is -0.328. The van der Waals surface area contributed by atoms with Crippen LogP contribution < -0.4 is 38.4 Å². The standard InChI is InChI=1S/C28H28F2IN5O3/c1-3-24(37)36(9-8-29)10-11-39-26-25(33-15-34-27(26)32)21-13-19(31)14-23(16(21)2)35-28(38)20-7-6-18(12-22(20)30)17-4-5-17/h3,6-7,12-15,17,31H,1,4-5,8-11H2,2H3,(H2-,32,33,34,35,38)/p+1. The van der Waals surface area contributed by atoms with Crippen molar-refractivity contribution in [1.29, 1.82) is 0 Å². The molecule has 0 unspecified atom stereocenters. The third-order valence-corrected chi connectivity index (χ3v) is 7.12. The number of halogens is 3. The highest BCUT2D eigenvalue weighted by atomic mass is 127. The number of alkyl halides is 1. The van der Waals surface area contributed by atoms with Gasteiger partial charge in [-0.15, -0.1) is 0 Å². The molecule has 1 aliphatic rings. The summed E-state index contributed by atoms with van der Waals surface area (Å²) in [6.45, 7) is 4.55. The Morgan fingerprint density at radius 1 is 1.26 bits per heavy atom. The smallest absolute Gasteiger partial charge is 0.296 e. The van der Waals surface area contributed by atoms with Crippen molar-refractivity contribution < 1.29 is 45.7 Å². The number of nitrogens with two attached hydrogens (primary N) is 1. The molecule has 11 heteroatoms. The molecule has 2 aromatic carbocycles. The Labute approximate surface area is 238 Å². The van der Waals surface area contributed by atoms with Gasteiger partial charge in [-0.05, 0) is 55.0 Å². The van der Waals surface area contributed by atoms with Crippen LogP contribution in [0.25, 0.3) is 11.3 Å². The average Bonchev–Trinajstić information content (AvgIpc) is 3.76. The number of nitrogens with one attached hydrogen (secondary N) is 1. The molecule has 3 aromatic rings. The molecule has 1 aliphatic carbocycles. The fraction of sp³-hybridized carbons (Fsp3) is 0.286. The number of hydrogen-bond acceptors (Lipinski definition) is 6. The van der Waals surface area contributed by atoms with Crippen LogP contribution in [0.5, 0.6) is 5.75 Å². The second kappa shape index (κ2) is 12.5. The fourth-order valence-electron chi connectivity index (χ4n) is 4.18. The lowest BCUT2D eigenvalue weighted by atomic mass is 10.0. The monoisotopic (exact) mass is 648 g/mol. The first-order valence-electron chi connectivity index (χ1n) is 12.4. The molecular formula is C28H29F2IN5O3+. The molecule has 0 bridgehead atoms. The molecule has 2 amide bonds. The highest BCUT2D eigenvalue weighted by Crippen LogP contribution is 2.40. The van der Waals surface area contributed by atoms with E-state index >= 15 is 0 Å². The Morgan fingerprint density at radius 2 is 2.03 bits per heavy atom. The quantitative estimate of drug-likeness (QED) is 0.239. The summed E-state index contributed by atoms with van der Waals surface area (Å²) < 4.78 is 34.3. The maximum Gasteiger partial charge on any atom is 0.296 e. The minimum atomic E-state index is -0.701. The van der Waals surface area contributed by atoms with Crippen molar-refractivity contribution in [2.24, 2.45) is 0 Å². The molecule has 0 atom stereocenters. The van der Waals surface area contributed by atoms with Gasteiger partial charge in [0.25, 0.3) is 28.5 Å². The van der Waals surface area contributed by atoms with Gasteiger partial charge in [-0.1, -0.05) is 12.6 Å². The van der Waals surface area contributed by atoms with Crippen LogP contribution in [0.3, 0.4) is 0 Å². The van der Waals surface area contributed by atoms with Gasteiger partial charge in [0.2, 0.25) is 5.91 Å². The molecule has 204 valence electrons. The van der Waals surface area contributed by atoms with Gasteiger partial charge in [-0.2, -0.15) is 0 Å². The molecule has 1 heterocycles. The Kier molecular flexibility index (Phi) is 9.10. The van der Waals surface area contributed by atoms with Crippen molar-refractivity contribution >= 4 is 23.3 Å². The van der Waals surface area contributed by atoms with Gasteiger partial charge in [0, 0.05) is 29.9 Å². The van der Waals surface area contributed by atoms with E-state index in [9.17, 15) is 18.4 Å². The number of rotatable bonds is 11. The highest BCUT2D eigenvalue weighted by Gasteiger charge is 2.26. The maximum atomic E-state index is 14.8. The molecule has 1 aromatic heterocycles. The number of ether oxygens (including phenoxy) is 1. The maximum absolute atomic E-state index is 14.8. The summed E-state index contributed by atoms with van der Waals surface area (Å²) in [5, 5.41) is 2.83. The molecule has 0 spiro atoms. The van der Waals surface area contributed by atoms with Crippen LogP contribution in [0.2, 0.25) is 0 Å². The number of nitrogens with zero attached hydrogens (tertiary/aromatic N) is 3. The number of carbonyl (C=O) groups is 2. The largest absolute Gasteiger partial charge is 0.486 e. The lowest BCUT2D eigenvalue weighted by Gasteiger charge is -2.21. The van der Waals surface area contributed by atoms with Crippen LogP contribution >= 0.6 is 0 Å². The van der Waals surface area contributed by atoms with E-state index in [4.69, 9.17) is 10.5 Å². The van der Waals surface area contributed by atoms with Gasteiger partial charge in [-0.25, -0.2) is 18.7 Å². The first-order valence-corrected chi connectivity index (χ1v) is 13.5. The Morgan fingerprint density at radius 3 is 2.69 bits per heavy atom. The number of aromatic nitrogens is 2. The molecular weight excluding hydrogens is 619 g/mol. The van der Waals surface area contributed by atoms with Crippen LogP contribution in [0.1, 0.15) is 40.2 Å². The summed E-state index contributed by atoms with van der Waals surface area (Å²) in [7, 11) is 0. The van der Waals surface area contributed by atoms with Crippen molar-refractivity contribution in [2.75, 3.05) is 37.4 Å². The molecule has 1 saturated carbocycles. The minimum absolute atomic E-state index is 0.00929. The summed E-state index contributed by atoms with van der Waals surface area (Å²) in [5.74, 6) is -0.879. The summed E-state index contributed by atoms with van der Waals surface area (Å²) in [4.78, 5) is 34.6. The first-order chi connectivity index (χ1) is 18.7. The van der Waals surface area contributed by atoms with Gasteiger partial charge >= 0.3 is 0 Å². The molecule has 4 rings (SSSR count). The molecule has 0 saturated heterocycles. The van der Waals surface area contributed by atoms with Gasteiger partial charge in [0.15, 0.2) is 15.1 Å². The van der Waals surface area contributed by atoms with E-state index < -0.39 is 24.3 Å². The van der Waals surface area contributed by atoms with Crippen LogP contribution in [0.15, 0.2) is 49.3 Å². The fourth-order valence-corrected chi connectivity index (χ4v) is 4.85. The Bertz CT molecular complexity index is 1410. The SMILES string of the molecule is C=CC(=O)N(CCF)CCOc1c(N)ncnc1-c1cc([IH+])cc(NC(=O)c2ccc(C3CC3)cc2F)c1C. The van der Waals surface area contributed by atoms with Crippen molar-refractivity contribution in [1.82, 2.24) is 14.9 Å². The average molecular weight is 648 g/mol. The normalized spacial score (nSPS) is 12.6. The molecule has 1 fully saturated rings. The first kappa shape index (κ1) is 28.4. The van der Waals surface area contributed by atoms with Crippen LogP contribution in [0, 0.1) is 16.3 Å². The van der Waals surface area contributed by atoms with E-state index in [0.717, 1.165) is 28.1 Å². The molecule has 8 nitrogen and oxygen atoms in total. The van der Waals surface area contributed by atoms with E-state index in [0.29, 0.717) is 28.4 Å². The van der Waals surface area contributed by atoms with E-state index in [1.54, 1.807) is 41.6 Å². The number of carbonyl (C=O) groups excluding carboxylic acids is 2. The third kappa shape index (κ3) is 6.70. The molecule has 0 aliphatic heterocycles. The summed E-state index contributed by atoms with van der Waals surface area (Å²) in [6.07, 6.45) is 4.49. The van der Waals surface area contributed by atoms with E-state index in [1.165, 1.54) is 23.4 Å². The Balaban J connectivity index is 1.59. The highest BCUT2D eigenvalue weighted by molar-refractivity contribution is 6.05. The van der Waals surface area contributed by atoms with Crippen LogP contribution in [-0.4, -0.2) is 53.1 Å². The van der Waals surface area contributed by atoms with Crippen molar-refractivity contribution in [3.05, 3.63) is 75.4 Å². The van der Waals surface area contributed by atoms with E-state index in [2.05, 4.69) is 21.9 Å². The molecule has 3 N–H and O–H groups in total. The zero-order valence-corrected chi connectivity index (χ0v) is 23.7. The zero-order chi connectivity index (χ0) is 28.1. The Hall–Kier alpha value is -3.61. The van der Waals surface area contributed by atoms with Gasteiger partial charge in [0.05, 0.1) is 12.1 Å². The van der Waals surface area contributed by atoms with E-state index in [-0.39, 0.29) is 36.8 Å². The van der Waals surface area contributed by atoms with E-state index in [1.807, 2.05) is 6.07 Å². The van der Waals surface area contributed by atoms with Crippen molar-refractivity contribution in [3.8, 4) is 17.0 Å². The number of benzene rings is 2. The van der Waals surface area contributed by atoms with Crippen molar-refractivity contribution in [2.45, 2.75) is 25.7 Å². The summed E-state index contributed by atoms with van der Waals surface area (Å²) >= 11 is 1.77. The van der Waals surface area contributed by atoms with Crippen molar-refractivity contribution in [3.63, 3.8) is 0 Å². The predicted octanol–water partition coefficient (Wildman–Crippen LogP) is 1.12. The molecule has 39 heavy (non-hydrogen) atoms. The summed E-state index contributed by atoms with van der Waals surface area (Å²) in [5.41, 5.74) is 9.14. The summed E-state index contributed by atoms with van der Waals surface area (Å²) in [6, 6.07) is 8.41. The van der Waals surface area contributed by atoms with Gasteiger partial charge < -0.3 is 20.7 Å². The second-order valence-electron chi connectivity index (χ2n) is 9.11.